The van der Waals surface area contributed by atoms with E-state index in [0.717, 1.165) is 30.8 Å². The molecule has 0 bridgehead atoms. The van der Waals surface area contributed by atoms with Crippen LogP contribution < -0.4 is 4.74 Å². The summed E-state index contributed by atoms with van der Waals surface area (Å²) in [5.41, 5.74) is 0.750. The predicted octanol–water partition coefficient (Wildman–Crippen LogP) is 3.56. The van der Waals surface area contributed by atoms with Crippen molar-refractivity contribution in [3.8, 4) is 5.75 Å². The summed E-state index contributed by atoms with van der Waals surface area (Å²) in [6.45, 7) is 1.71. The molecule has 0 unspecified atom stereocenters. The lowest BCUT2D eigenvalue weighted by atomic mass is 9.97. The molecule has 0 spiro atoms. The van der Waals surface area contributed by atoms with E-state index >= 15 is 0 Å². The highest BCUT2D eigenvalue weighted by atomic mass is 19.1. The normalized spacial score (nSPS) is 18.7. The Kier molecular flexibility index (Phi) is 5.51. The summed E-state index contributed by atoms with van der Waals surface area (Å²) in [6.07, 6.45) is 9.51. The molecule has 1 atom stereocenters. The summed E-state index contributed by atoms with van der Waals surface area (Å²) in [5.74, 6) is 1.51. The summed E-state index contributed by atoms with van der Waals surface area (Å²) < 4.78 is 21.4. The van der Waals surface area contributed by atoms with Gasteiger partial charge in [-0.2, -0.15) is 0 Å². The van der Waals surface area contributed by atoms with Crippen LogP contribution in [-0.2, 0) is 20.0 Å². The number of ether oxygens (including phenoxy) is 1. The van der Waals surface area contributed by atoms with E-state index in [9.17, 15) is 4.39 Å². The molecule has 5 heteroatoms. The molecule has 0 aliphatic carbocycles. The number of halogens is 1. The number of piperidine rings is 1. The Bertz CT molecular complexity index is 670. The Labute approximate surface area is 143 Å². The average molecular weight is 331 g/mol. The van der Waals surface area contributed by atoms with Crippen LogP contribution in [0.3, 0.4) is 0 Å². The molecule has 0 saturated carbocycles. The smallest absolute Gasteiger partial charge is 0.131 e. The van der Waals surface area contributed by atoms with Crippen molar-refractivity contribution in [3.63, 3.8) is 0 Å². The lowest BCUT2D eigenvalue weighted by Gasteiger charge is -2.36. The molecule has 3 rings (SSSR count). The van der Waals surface area contributed by atoms with Crippen LogP contribution in [0.5, 0.6) is 5.75 Å². The molecular weight excluding hydrogens is 305 g/mol. The van der Waals surface area contributed by atoms with Crippen molar-refractivity contribution >= 4 is 0 Å². The van der Waals surface area contributed by atoms with Gasteiger partial charge in [-0.15, -0.1) is 0 Å². The van der Waals surface area contributed by atoms with Crippen LogP contribution in [0, 0.1) is 5.82 Å². The van der Waals surface area contributed by atoms with Gasteiger partial charge in [0.15, 0.2) is 0 Å². The van der Waals surface area contributed by atoms with Gasteiger partial charge in [-0.05, 0) is 31.9 Å². The Morgan fingerprint density at radius 1 is 1.33 bits per heavy atom. The van der Waals surface area contributed by atoms with Gasteiger partial charge in [0.05, 0.1) is 7.11 Å². The van der Waals surface area contributed by atoms with E-state index in [2.05, 4.69) is 14.5 Å². The van der Waals surface area contributed by atoms with Crippen molar-refractivity contribution in [1.82, 2.24) is 14.5 Å². The molecule has 24 heavy (non-hydrogen) atoms. The number of imidazole rings is 1. The first-order valence-corrected chi connectivity index (χ1v) is 8.70. The zero-order valence-electron chi connectivity index (χ0n) is 14.5. The van der Waals surface area contributed by atoms with Crippen molar-refractivity contribution in [2.75, 3.05) is 13.7 Å². The molecule has 2 aromatic rings. The lowest BCUT2D eigenvalue weighted by Crippen LogP contribution is -2.39. The van der Waals surface area contributed by atoms with Gasteiger partial charge in [0.2, 0.25) is 0 Å². The van der Waals surface area contributed by atoms with E-state index in [0.29, 0.717) is 18.3 Å². The second kappa shape index (κ2) is 7.79. The zero-order valence-corrected chi connectivity index (χ0v) is 14.5. The number of aryl methyl sites for hydroxylation is 2. The molecule has 1 aliphatic rings. The molecule has 4 nitrogen and oxygen atoms in total. The van der Waals surface area contributed by atoms with E-state index in [1.807, 2.05) is 31.6 Å². The Balaban J connectivity index is 1.65. The van der Waals surface area contributed by atoms with Crippen molar-refractivity contribution in [3.05, 3.63) is 47.8 Å². The second-order valence-corrected chi connectivity index (χ2v) is 6.57. The second-order valence-electron chi connectivity index (χ2n) is 6.57. The van der Waals surface area contributed by atoms with E-state index in [1.165, 1.54) is 25.3 Å². The zero-order chi connectivity index (χ0) is 16.9. The predicted molar refractivity (Wildman–Crippen MR) is 92.5 cm³/mol. The fraction of sp³-hybridized carbons (Fsp3) is 0.526. The number of benzene rings is 1. The van der Waals surface area contributed by atoms with Crippen molar-refractivity contribution in [2.24, 2.45) is 7.05 Å². The van der Waals surface area contributed by atoms with Gasteiger partial charge in [0.25, 0.3) is 0 Å². The minimum Gasteiger partial charge on any atom is -0.497 e. The molecular formula is C19H26FN3O. The first kappa shape index (κ1) is 17.0. The number of rotatable bonds is 6. The summed E-state index contributed by atoms with van der Waals surface area (Å²) in [4.78, 5) is 6.84. The molecule has 130 valence electrons. The van der Waals surface area contributed by atoms with Crippen LogP contribution in [-0.4, -0.2) is 34.1 Å². The molecule has 0 N–H and O–H groups in total. The van der Waals surface area contributed by atoms with Gasteiger partial charge in [0, 0.05) is 50.1 Å². The first-order valence-electron chi connectivity index (χ1n) is 8.70. The fourth-order valence-corrected chi connectivity index (χ4v) is 3.53. The van der Waals surface area contributed by atoms with Gasteiger partial charge in [-0.25, -0.2) is 9.37 Å². The molecule has 2 heterocycles. The highest BCUT2D eigenvalue weighted by molar-refractivity contribution is 5.28. The maximum atomic E-state index is 14.3. The standard InChI is InChI=1S/C19H26FN3O/c1-22-12-10-21-19(22)9-7-16-5-3-4-11-23(16)14-15-6-8-17(24-2)13-18(15)20/h6,8,10,12-13,16H,3-5,7,9,11,14H2,1-2H3/t16-/m0/s1. The largest absolute Gasteiger partial charge is 0.497 e. The number of hydrogen-bond acceptors (Lipinski definition) is 3. The minimum absolute atomic E-state index is 0.178. The Morgan fingerprint density at radius 3 is 2.92 bits per heavy atom. The summed E-state index contributed by atoms with van der Waals surface area (Å²) in [5, 5.41) is 0. The molecule has 0 radical (unpaired) electrons. The van der Waals surface area contributed by atoms with E-state index in [4.69, 9.17) is 4.74 Å². The van der Waals surface area contributed by atoms with Crippen LogP contribution in [0.15, 0.2) is 30.6 Å². The van der Waals surface area contributed by atoms with Gasteiger partial charge in [0.1, 0.15) is 17.4 Å². The van der Waals surface area contributed by atoms with Crippen molar-refractivity contribution in [2.45, 2.75) is 44.7 Å². The maximum absolute atomic E-state index is 14.3. The Hall–Kier alpha value is -1.88. The first-order chi connectivity index (χ1) is 11.7. The van der Waals surface area contributed by atoms with Crippen LogP contribution in [0.1, 0.15) is 37.1 Å². The summed E-state index contributed by atoms with van der Waals surface area (Å²) >= 11 is 0. The van der Waals surface area contributed by atoms with Crippen LogP contribution in [0.25, 0.3) is 0 Å². The van der Waals surface area contributed by atoms with Crippen molar-refractivity contribution in [1.29, 1.82) is 0 Å². The lowest BCUT2D eigenvalue weighted by molar-refractivity contribution is 0.130. The monoisotopic (exact) mass is 331 g/mol. The molecule has 0 amide bonds. The third-order valence-corrected chi connectivity index (χ3v) is 5.00. The van der Waals surface area contributed by atoms with Crippen LogP contribution in [0.2, 0.25) is 0 Å². The summed E-state index contributed by atoms with van der Waals surface area (Å²) in [6, 6.07) is 5.66. The quantitative estimate of drug-likeness (QED) is 0.811. The number of hydrogen-bond donors (Lipinski definition) is 0. The van der Waals surface area contributed by atoms with Gasteiger partial charge >= 0.3 is 0 Å². The van der Waals surface area contributed by atoms with Crippen molar-refractivity contribution < 1.29 is 9.13 Å². The number of nitrogens with zero attached hydrogens (tertiary/aromatic N) is 3. The Morgan fingerprint density at radius 2 is 2.21 bits per heavy atom. The highest BCUT2D eigenvalue weighted by Gasteiger charge is 2.23. The summed E-state index contributed by atoms with van der Waals surface area (Å²) in [7, 11) is 3.60. The minimum atomic E-state index is -0.178. The SMILES string of the molecule is COc1ccc(CN2CCCC[C@H]2CCc2nccn2C)c(F)c1. The topological polar surface area (TPSA) is 30.3 Å². The van der Waals surface area contributed by atoms with Gasteiger partial charge in [-0.1, -0.05) is 12.5 Å². The average Bonchev–Trinajstić information content (AvgIpc) is 3.01. The van der Waals surface area contributed by atoms with Gasteiger partial charge in [-0.3, -0.25) is 4.90 Å². The third-order valence-electron chi connectivity index (χ3n) is 5.00. The van der Waals surface area contributed by atoms with Gasteiger partial charge < -0.3 is 9.30 Å². The fourth-order valence-electron chi connectivity index (χ4n) is 3.53. The maximum Gasteiger partial charge on any atom is 0.131 e. The van der Waals surface area contributed by atoms with Crippen LogP contribution >= 0.6 is 0 Å². The molecule has 1 aromatic heterocycles. The number of methoxy groups -OCH3 is 1. The number of aromatic nitrogens is 2. The highest BCUT2D eigenvalue weighted by Crippen LogP contribution is 2.25. The molecule has 1 saturated heterocycles. The number of likely N-dealkylation sites (tertiary alicyclic amines) is 1. The molecule has 1 aromatic carbocycles. The van der Waals surface area contributed by atoms with Crippen LogP contribution in [0.4, 0.5) is 4.39 Å². The van der Waals surface area contributed by atoms with E-state index in [1.54, 1.807) is 7.11 Å². The third kappa shape index (κ3) is 3.96. The molecule has 1 aliphatic heterocycles. The molecule has 1 fully saturated rings. The van der Waals surface area contributed by atoms with E-state index < -0.39 is 0 Å². The van der Waals surface area contributed by atoms with E-state index in [-0.39, 0.29) is 5.82 Å².